The fraction of sp³-hybridized carbons (Fsp3) is 0.875. The Morgan fingerprint density at radius 2 is 2.36 bits per heavy atom. The number of halogens is 2. The van der Waals surface area contributed by atoms with Crippen molar-refractivity contribution in [2.24, 2.45) is 5.73 Å². The number of carbonyl (C=O) groups excluding carboxylic acids is 1. The van der Waals surface area contributed by atoms with Crippen molar-refractivity contribution in [3.05, 3.63) is 0 Å². The molecule has 1 saturated heterocycles. The summed E-state index contributed by atoms with van der Waals surface area (Å²) in [6.45, 7) is -0.0432. The van der Waals surface area contributed by atoms with E-state index in [0.717, 1.165) is 6.42 Å². The van der Waals surface area contributed by atoms with Crippen molar-refractivity contribution in [3.63, 3.8) is 0 Å². The average Bonchev–Trinajstić information content (AvgIpc) is 2.19. The minimum atomic E-state index is -3.47. The molecule has 1 atom stereocenters. The largest absolute Gasteiger partial charge is 0.379 e. The number of hydrogen-bond donors (Lipinski definition) is 2. The first-order valence-electron chi connectivity index (χ1n) is 4.53. The van der Waals surface area contributed by atoms with Crippen LogP contribution >= 0.6 is 0 Å². The minimum absolute atomic E-state index is 0.298. The van der Waals surface area contributed by atoms with E-state index in [1.165, 1.54) is 0 Å². The van der Waals surface area contributed by atoms with Crippen LogP contribution in [-0.2, 0) is 9.53 Å². The van der Waals surface area contributed by atoms with Crippen molar-refractivity contribution >= 4 is 5.91 Å². The second-order valence-electron chi connectivity index (χ2n) is 3.30. The molecule has 0 aromatic heterocycles. The molecule has 1 amide bonds. The molecule has 1 rings (SSSR count). The van der Waals surface area contributed by atoms with Crippen LogP contribution in [0.2, 0.25) is 0 Å². The average molecular weight is 208 g/mol. The summed E-state index contributed by atoms with van der Waals surface area (Å²) in [4.78, 5) is 11.0. The molecule has 1 fully saturated rings. The van der Waals surface area contributed by atoms with Gasteiger partial charge in [0.25, 0.3) is 5.91 Å². The number of rotatable bonds is 3. The predicted octanol–water partition coefficient (Wildman–Crippen LogP) is -0.124. The molecule has 82 valence electrons. The van der Waals surface area contributed by atoms with Crippen LogP contribution in [-0.4, -0.2) is 37.6 Å². The summed E-state index contributed by atoms with van der Waals surface area (Å²) in [6.07, 6.45) is 1.45. The van der Waals surface area contributed by atoms with Crippen LogP contribution in [0.15, 0.2) is 0 Å². The highest BCUT2D eigenvalue weighted by Crippen LogP contribution is 2.13. The predicted molar refractivity (Wildman–Crippen MR) is 46.0 cm³/mol. The summed E-state index contributed by atoms with van der Waals surface area (Å²) in [5.74, 6) is -4.78. The van der Waals surface area contributed by atoms with Crippen molar-refractivity contribution < 1.29 is 18.3 Å². The van der Waals surface area contributed by atoms with Crippen LogP contribution in [0.4, 0.5) is 8.78 Å². The Kier molecular flexibility index (Phi) is 3.77. The van der Waals surface area contributed by atoms with Crippen molar-refractivity contribution in [1.82, 2.24) is 5.32 Å². The highest BCUT2D eigenvalue weighted by Gasteiger charge is 2.38. The van der Waals surface area contributed by atoms with Gasteiger partial charge in [0, 0.05) is 6.61 Å². The monoisotopic (exact) mass is 208 g/mol. The smallest absolute Gasteiger partial charge is 0.336 e. The lowest BCUT2D eigenvalue weighted by Gasteiger charge is -2.24. The molecule has 1 aliphatic heterocycles. The first kappa shape index (κ1) is 11.3. The number of amides is 1. The Morgan fingerprint density at radius 1 is 1.64 bits per heavy atom. The zero-order chi connectivity index (χ0) is 10.6. The lowest BCUT2D eigenvalue weighted by Crippen LogP contribution is -2.50. The molecule has 0 aromatic carbocycles. The van der Waals surface area contributed by atoms with Gasteiger partial charge in [-0.15, -0.1) is 0 Å². The Hall–Kier alpha value is -0.750. The molecule has 0 spiro atoms. The molecule has 0 aromatic rings. The minimum Gasteiger partial charge on any atom is -0.379 e. The van der Waals surface area contributed by atoms with Crippen molar-refractivity contribution in [1.29, 1.82) is 0 Å². The summed E-state index contributed by atoms with van der Waals surface area (Å²) in [5, 5.41) is 2.22. The number of ether oxygens (including phenoxy) is 1. The third-order valence-corrected chi connectivity index (χ3v) is 2.08. The van der Waals surface area contributed by atoms with E-state index in [-0.39, 0.29) is 6.04 Å². The molecular formula is C8H14F2N2O2. The first-order chi connectivity index (χ1) is 6.56. The van der Waals surface area contributed by atoms with E-state index in [0.29, 0.717) is 19.6 Å². The number of carbonyl (C=O) groups is 1. The zero-order valence-electron chi connectivity index (χ0n) is 7.76. The lowest BCUT2D eigenvalue weighted by atomic mass is 10.1. The Bertz CT molecular complexity index is 206. The quantitative estimate of drug-likeness (QED) is 0.679. The molecule has 3 N–H and O–H groups in total. The second-order valence-corrected chi connectivity index (χ2v) is 3.30. The molecule has 0 radical (unpaired) electrons. The number of hydrogen-bond acceptors (Lipinski definition) is 3. The van der Waals surface area contributed by atoms with Gasteiger partial charge < -0.3 is 15.8 Å². The molecule has 0 saturated carbocycles. The normalized spacial score (nSPS) is 23.2. The molecule has 4 nitrogen and oxygen atoms in total. The third-order valence-electron chi connectivity index (χ3n) is 2.08. The number of nitrogens with two attached hydrogens (primary N) is 1. The van der Waals surface area contributed by atoms with E-state index in [1.54, 1.807) is 0 Å². The summed E-state index contributed by atoms with van der Waals surface area (Å²) in [7, 11) is 0. The highest BCUT2D eigenvalue weighted by atomic mass is 19.3. The molecule has 1 heterocycles. The van der Waals surface area contributed by atoms with Gasteiger partial charge in [-0.2, -0.15) is 8.78 Å². The van der Waals surface area contributed by atoms with Gasteiger partial charge in [-0.1, -0.05) is 0 Å². The van der Waals surface area contributed by atoms with Crippen molar-refractivity contribution in [3.8, 4) is 0 Å². The Morgan fingerprint density at radius 3 is 2.86 bits per heavy atom. The van der Waals surface area contributed by atoms with Crippen LogP contribution in [0.25, 0.3) is 0 Å². The number of nitrogens with one attached hydrogen (secondary N) is 1. The van der Waals surface area contributed by atoms with E-state index >= 15 is 0 Å². The van der Waals surface area contributed by atoms with Gasteiger partial charge >= 0.3 is 5.92 Å². The van der Waals surface area contributed by atoms with E-state index in [2.05, 4.69) is 5.32 Å². The van der Waals surface area contributed by atoms with E-state index < -0.39 is 18.4 Å². The van der Waals surface area contributed by atoms with Crippen LogP contribution in [0.3, 0.4) is 0 Å². The molecular weight excluding hydrogens is 194 g/mol. The molecule has 1 aliphatic rings. The van der Waals surface area contributed by atoms with E-state index in [9.17, 15) is 13.6 Å². The summed E-state index contributed by atoms with van der Waals surface area (Å²) < 4.78 is 30.5. The maximum Gasteiger partial charge on any atom is 0.336 e. The van der Waals surface area contributed by atoms with Gasteiger partial charge in [0.1, 0.15) is 0 Å². The van der Waals surface area contributed by atoms with Crippen LogP contribution in [0, 0.1) is 0 Å². The van der Waals surface area contributed by atoms with Gasteiger partial charge in [0.15, 0.2) is 0 Å². The molecule has 6 heteroatoms. The van der Waals surface area contributed by atoms with Crippen LogP contribution in [0.1, 0.15) is 12.8 Å². The fourth-order valence-corrected chi connectivity index (χ4v) is 1.24. The van der Waals surface area contributed by atoms with Gasteiger partial charge in [-0.05, 0) is 12.8 Å². The standard InChI is InChI=1S/C8H14F2N2O2/c9-8(10,5-11)7(13)12-6-2-1-3-14-4-6/h6H,1-5,11H2,(H,12,13). The van der Waals surface area contributed by atoms with Crippen molar-refractivity contribution in [2.45, 2.75) is 24.8 Å². The Labute approximate surface area is 80.8 Å². The van der Waals surface area contributed by atoms with Gasteiger partial charge in [-0.25, -0.2) is 0 Å². The zero-order valence-corrected chi connectivity index (χ0v) is 7.76. The highest BCUT2D eigenvalue weighted by molar-refractivity contribution is 5.83. The molecule has 14 heavy (non-hydrogen) atoms. The van der Waals surface area contributed by atoms with Crippen molar-refractivity contribution in [2.75, 3.05) is 19.8 Å². The topological polar surface area (TPSA) is 64.4 Å². The molecule has 1 unspecified atom stereocenters. The first-order valence-corrected chi connectivity index (χ1v) is 4.53. The SMILES string of the molecule is NCC(F)(F)C(=O)NC1CCCOC1. The maximum atomic E-state index is 12.7. The summed E-state index contributed by atoms with van der Waals surface area (Å²) in [6, 6.07) is -0.311. The van der Waals surface area contributed by atoms with Gasteiger partial charge in [0.05, 0.1) is 19.2 Å². The van der Waals surface area contributed by atoms with E-state index in [1.807, 2.05) is 0 Å². The van der Waals surface area contributed by atoms with Gasteiger partial charge in [-0.3, -0.25) is 4.79 Å². The number of alkyl halides is 2. The summed E-state index contributed by atoms with van der Waals surface area (Å²) >= 11 is 0. The summed E-state index contributed by atoms with van der Waals surface area (Å²) in [5.41, 5.74) is 4.77. The second kappa shape index (κ2) is 4.65. The van der Waals surface area contributed by atoms with Crippen LogP contribution in [0.5, 0.6) is 0 Å². The molecule has 0 aliphatic carbocycles. The third kappa shape index (κ3) is 2.88. The van der Waals surface area contributed by atoms with Gasteiger partial charge in [0.2, 0.25) is 0 Å². The lowest BCUT2D eigenvalue weighted by molar-refractivity contribution is -0.145. The fourth-order valence-electron chi connectivity index (χ4n) is 1.24. The maximum absolute atomic E-state index is 12.7. The molecule has 0 bridgehead atoms. The Balaban J connectivity index is 2.39. The van der Waals surface area contributed by atoms with E-state index in [4.69, 9.17) is 10.5 Å². The van der Waals surface area contributed by atoms with Crippen LogP contribution < -0.4 is 11.1 Å².